The summed E-state index contributed by atoms with van der Waals surface area (Å²) in [4.78, 5) is 26.4. The summed E-state index contributed by atoms with van der Waals surface area (Å²) in [5.74, 6) is -1.85. The van der Waals surface area contributed by atoms with Crippen molar-refractivity contribution < 1.29 is 19.8 Å². The lowest BCUT2D eigenvalue weighted by atomic mass is 9.79. The van der Waals surface area contributed by atoms with Crippen LogP contribution in [0.15, 0.2) is 10.6 Å². The molecule has 0 aromatic heterocycles. The van der Waals surface area contributed by atoms with Crippen molar-refractivity contribution in [2.24, 2.45) is 11.8 Å². The molecule has 0 bridgehead atoms. The van der Waals surface area contributed by atoms with E-state index in [1.165, 1.54) is 4.90 Å². The third kappa shape index (κ3) is 3.40. The largest absolute Gasteiger partial charge is 0.477 e. The zero-order valence-corrected chi connectivity index (χ0v) is 16.4. The second-order valence-electron chi connectivity index (χ2n) is 7.60. The molecule has 0 spiro atoms. The van der Waals surface area contributed by atoms with Gasteiger partial charge in [-0.1, -0.05) is 6.92 Å². The van der Waals surface area contributed by atoms with Gasteiger partial charge in [0.2, 0.25) is 5.91 Å². The van der Waals surface area contributed by atoms with Crippen molar-refractivity contribution in [1.29, 1.82) is 0 Å². The molecule has 6 atom stereocenters. The molecular formula is C18H29N3O4S. The quantitative estimate of drug-likeness (QED) is 0.360. The first kappa shape index (κ1) is 19.7. The van der Waals surface area contributed by atoms with Crippen LogP contribution in [-0.2, 0) is 9.59 Å². The van der Waals surface area contributed by atoms with Gasteiger partial charge < -0.3 is 25.7 Å². The summed E-state index contributed by atoms with van der Waals surface area (Å²) in [6, 6.07) is 0.243. The number of fused-ring (bicyclic) bond motifs is 1. The molecule has 1 amide bonds. The Morgan fingerprint density at radius 1 is 1.50 bits per heavy atom. The molecule has 0 radical (unpaired) electrons. The van der Waals surface area contributed by atoms with Crippen LogP contribution < -0.4 is 10.6 Å². The number of amides is 1. The standard InChI is InChI=1S/C18H29N3O4S/c1-9-14-13(10(2)22)17(23)21(14)15(18(24)25)16(9)26-12-7-11(20-8-12)5-4-6-19-3/h9-14,19-20,22H,4-8H2,1-3H3,(H,24,25)/t9-,10-,11-,12+,13-,14-/m1/s1. The van der Waals surface area contributed by atoms with Gasteiger partial charge in [-0.05, 0) is 39.8 Å². The van der Waals surface area contributed by atoms with Crippen molar-refractivity contribution in [1.82, 2.24) is 15.5 Å². The summed E-state index contributed by atoms with van der Waals surface area (Å²) in [5, 5.41) is 26.6. The Labute approximate surface area is 158 Å². The zero-order chi connectivity index (χ0) is 19.0. The zero-order valence-electron chi connectivity index (χ0n) is 15.6. The van der Waals surface area contributed by atoms with Gasteiger partial charge in [-0.25, -0.2) is 4.79 Å². The number of aliphatic hydroxyl groups is 1. The molecule has 3 heterocycles. The summed E-state index contributed by atoms with van der Waals surface area (Å²) in [5.41, 5.74) is 0.132. The molecule has 7 nitrogen and oxygen atoms in total. The van der Waals surface area contributed by atoms with Gasteiger partial charge in [-0.2, -0.15) is 0 Å². The molecule has 2 saturated heterocycles. The van der Waals surface area contributed by atoms with Gasteiger partial charge in [0.15, 0.2) is 0 Å². The SMILES string of the molecule is CNCCC[C@@H]1C[C@H](SC2=C(C(=O)O)N3C(=O)[C@H]([C@@H](C)O)[C@H]3[C@H]2C)CN1. The van der Waals surface area contributed by atoms with Gasteiger partial charge in [0.1, 0.15) is 5.70 Å². The van der Waals surface area contributed by atoms with E-state index >= 15 is 0 Å². The van der Waals surface area contributed by atoms with Gasteiger partial charge in [0.05, 0.1) is 18.1 Å². The lowest BCUT2D eigenvalue weighted by Crippen LogP contribution is -2.63. The number of hydrogen-bond acceptors (Lipinski definition) is 6. The number of nitrogens with one attached hydrogen (secondary N) is 2. The van der Waals surface area contributed by atoms with Crippen molar-refractivity contribution in [2.45, 2.75) is 56.5 Å². The third-order valence-corrected chi connectivity index (χ3v) is 7.28. The molecular weight excluding hydrogens is 354 g/mol. The summed E-state index contributed by atoms with van der Waals surface area (Å²) < 4.78 is 0. The number of rotatable bonds is 8. The summed E-state index contributed by atoms with van der Waals surface area (Å²) in [7, 11) is 1.95. The number of hydrogen-bond donors (Lipinski definition) is 4. The lowest BCUT2D eigenvalue weighted by molar-refractivity contribution is -0.163. The molecule has 3 aliphatic heterocycles. The minimum atomic E-state index is -1.05. The highest BCUT2D eigenvalue weighted by Crippen LogP contribution is 2.51. The number of carboxylic acids is 1. The van der Waals surface area contributed by atoms with E-state index < -0.39 is 18.0 Å². The number of carbonyl (C=O) groups excluding carboxylic acids is 1. The number of carboxylic acid groups (broad SMARTS) is 1. The fraction of sp³-hybridized carbons (Fsp3) is 0.778. The molecule has 3 aliphatic rings. The van der Waals surface area contributed by atoms with E-state index in [1.807, 2.05) is 14.0 Å². The van der Waals surface area contributed by atoms with Crippen molar-refractivity contribution in [3.8, 4) is 0 Å². The Bertz CT molecular complexity index is 609. The van der Waals surface area contributed by atoms with Crippen LogP contribution in [0.25, 0.3) is 0 Å². The van der Waals surface area contributed by atoms with Crippen LogP contribution >= 0.6 is 11.8 Å². The van der Waals surface area contributed by atoms with Gasteiger partial charge in [0.25, 0.3) is 0 Å². The summed E-state index contributed by atoms with van der Waals surface area (Å²) in [6.45, 7) is 5.44. The molecule has 0 aromatic rings. The van der Waals surface area contributed by atoms with Gasteiger partial charge in [-0.15, -0.1) is 11.8 Å². The van der Waals surface area contributed by atoms with Crippen LogP contribution in [0.5, 0.6) is 0 Å². The second-order valence-corrected chi connectivity index (χ2v) is 8.94. The predicted octanol–water partition coefficient (Wildman–Crippen LogP) is 0.603. The normalized spacial score (nSPS) is 34.8. The van der Waals surface area contributed by atoms with E-state index in [-0.39, 0.29) is 23.6 Å². The minimum Gasteiger partial charge on any atom is -0.477 e. The van der Waals surface area contributed by atoms with Crippen molar-refractivity contribution in [3.63, 3.8) is 0 Å². The first-order chi connectivity index (χ1) is 12.4. The van der Waals surface area contributed by atoms with Crippen molar-refractivity contribution in [2.75, 3.05) is 20.1 Å². The number of aliphatic hydroxyl groups excluding tert-OH is 1. The highest BCUT2D eigenvalue weighted by Gasteiger charge is 2.60. The van der Waals surface area contributed by atoms with Gasteiger partial charge in [0, 0.05) is 28.7 Å². The molecule has 26 heavy (non-hydrogen) atoms. The maximum atomic E-state index is 12.4. The molecule has 4 N–H and O–H groups in total. The number of aliphatic carboxylic acids is 1. The molecule has 3 rings (SSSR count). The Hall–Kier alpha value is -1.09. The topological polar surface area (TPSA) is 102 Å². The Morgan fingerprint density at radius 2 is 2.23 bits per heavy atom. The summed E-state index contributed by atoms with van der Waals surface area (Å²) >= 11 is 1.61. The molecule has 0 aliphatic carbocycles. The van der Waals surface area contributed by atoms with Gasteiger partial charge in [-0.3, -0.25) is 4.79 Å². The maximum absolute atomic E-state index is 12.4. The molecule has 0 saturated carbocycles. The Morgan fingerprint density at radius 3 is 2.85 bits per heavy atom. The number of thioether (sulfide) groups is 1. The molecule has 146 valence electrons. The first-order valence-electron chi connectivity index (χ1n) is 9.40. The Balaban J connectivity index is 1.69. The highest BCUT2D eigenvalue weighted by atomic mass is 32.2. The predicted molar refractivity (Wildman–Crippen MR) is 101 cm³/mol. The number of nitrogens with zero attached hydrogens (tertiary/aromatic N) is 1. The fourth-order valence-corrected chi connectivity index (χ4v) is 5.99. The van der Waals surface area contributed by atoms with E-state index in [2.05, 4.69) is 10.6 Å². The van der Waals surface area contributed by atoms with Crippen LogP contribution in [0.3, 0.4) is 0 Å². The number of β-lactam (4-membered cyclic amide) rings is 1. The average Bonchev–Trinajstić information content (AvgIpc) is 3.10. The summed E-state index contributed by atoms with van der Waals surface area (Å²) in [6.07, 6.45) is 2.48. The van der Waals surface area contributed by atoms with Crippen molar-refractivity contribution in [3.05, 3.63) is 10.6 Å². The Kier molecular flexibility index (Phi) is 5.96. The third-order valence-electron chi connectivity index (χ3n) is 5.77. The smallest absolute Gasteiger partial charge is 0.353 e. The average molecular weight is 384 g/mol. The van der Waals surface area contributed by atoms with E-state index in [0.717, 1.165) is 37.3 Å². The van der Waals surface area contributed by atoms with E-state index in [9.17, 15) is 19.8 Å². The van der Waals surface area contributed by atoms with Crippen LogP contribution in [0, 0.1) is 11.8 Å². The molecule has 0 aromatic carbocycles. The molecule has 8 heteroatoms. The van der Waals surface area contributed by atoms with Crippen LogP contribution in [-0.4, -0.2) is 70.6 Å². The van der Waals surface area contributed by atoms with E-state index in [4.69, 9.17) is 0 Å². The lowest BCUT2D eigenvalue weighted by Gasteiger charge is -2.46. The van der Waals surface area contributed by atoms with Crippen LogP contribution in [0.2, 0.25) is 0 Å². The van der Waals surface area contributed by atoms with E-state index in [1.54, 1.807) is 18.7 Å². The molecule has 2 fully saturated rings. The van der Waals surface area contributed by atoms with Gasteiger partial charge >= 0.3 is 5.97 Å². The fourth-order valence-electron chi connectivity index (χ4n) is 4.48. The van der Waals surface area contributed by atoms with Crippen LogP contribution in [0.4, 0.5) is 0 Å². The van der Waals surface area contributed by atoms with Crippen molar-refractivity contribution >= 4 is 23.6 Å². The van der Waals surface area contributed by atoms with Crippen LogP contribution in [0.1, 0.15) is 33.1 Å². The molecule has 0 unspecified atom stereocenters. The highest BCUT2D eigenvalue weighted by molar-refractivity contribution is 8.03. The first-order valence-corrected chi connectivity index (χ1v) is 10.3. The second kappa shape index (κ2) is 7.88. The monoisotopic (exact) mass is 383 g/mol. The maximum Gasteiger partial charge on any atom is 0.353 e. The number of carbonyl (C=O) groups is 2. The minimum absolute atomic E-state index is 0.0493. The van der Waals surface area contributed by atoms with E-state index in [0.29, 0.717) is 11.3 Å².